The van der Waals surface area contributed by atoms with Crippen LogP contribution >= 0.6 is 0 Å². The van der Waals surface area contributed by atoms with Crippen molar-refractivity contribution in [3.05, 3.63) is 94.9 Å². The first-order chi connectivity index (χ1) is 15.5. The topological polar surface area (TPSA) is 38.9 Å². The number of nitrogens with zero attached hydrogens (tertiary/aromatic N) is 2. The van der Waals surface area contributed by atoms with Gasteiger partial charge in [0.1, 0.15) is 11.2 Å². The van der Waals surface area contributed by atoms with E-state index in [0.29, 0.717) is 5.92 Å². The summed E-state index contributed by atoms with van der Waals surface area (Å²) in [6.07, 6.45) is 5.80. The van der Waals surface area contributed by atoms with Crippen molar-refractivity contribution in [2.75, 3.05) is 0 Å². The minimum Gasteiger partial charge on any atom is -0.455 e. The summed E-state index contributed by atoms with van der Waals surface area (Å²) in [7, 11) is 0. The van der Waals surface area contributed by atoms with E-state index in [1.54, 1.807) is 0 Å². The minimum absolute atomic E-state index is 0.592. The summed E-state index contributed by atoms with van der Waals surface area (Å²) in [5.41, 5.74) is 9.73. The zero-order valence-corrected chi connectivity index (χ0v) is 19.1. The highest BCUT2D eigenvalue weighted by atomic mass is 16.3. The number of aromatic nitrogens is 2. The van der Waals surface area contributed by atoms with Gasteiger partial charge in [-0.25, -0.2) is 0 Å². The maximum atomic E-state index is 6.47. The van der Waals surface area contributed by atoms with Crippen molar-refractivity contribution in [3.63, 3.8) is 0 Å². The molecule has 0 saturated carbocycles. The van der Waals surface area contributed by atoms with Crippen LogP contribution in [0.4, 0.5) is 0 Å². The third-order valence-corrected chi connectivity index (χ3v) is 6.12. The van der Waals surface area contributed by atoms with E-state index in [-0.39, 0.29) is 0 Å². The molecule has 160 valence electrons. The zero-order chi connectivity index (χ0) is 22.2. The monoisotopic (exact) mass is 420 g/mol. The Kier molecular flexibility index (Phi) is 5.26. The van der Waals surface area contributed by atoms with Crippen molar-refractivity contribution in [3.8, 4) is 11.3 Å². The molecule has 0 atom stereocenters. The minimum atomic E-state index is 0.592. The molecule has 0 aliphatic heterocycles. The number of pyridine rings is 2. The van der Waals surface area contributed by atoms with Gasteiger partial charge in [0, 0.05) is 23.5 Å². The average molecular weight is 421 g/mol. The molecule has 0 unspecified atom stereocenters. The van der Waals surface area contributed by atoms with Gasteiger partial charge < -0.3 is 4.42 Å². The highest BCUT2D eigenvalue weighted by molar-refractivity contribution is 6.10. The molecule has 3 nitrogen and oxygen atoms in total. The van der Waals surface area contributed by atoms with Gasteiger partial charge in [0.15, 0.2) is 0 Å². The van der Waals surface area contributed by atoms with E-state index in [9.17, 15) is 0 Å². The second kappa shape index (κ2) is 8.23. The average Bonchev–Trinajstić information content (AvgIpc) is 3.16. The first kappa shape index (κ1) is 20.4. The lowest BCUT2D eigenvalue weighted by atomic mass is 9.98. The number of aryl methyl sites for hydroxylation is 2. The SMILES string of the molecule is Cc1cnc(-c2cnc(C)c3c2oc2cc(Cc4ccccc4)ccc23)cc1CC(C)C. The Bertz CT molecular complexity index is 1410. The largest absolute Gasteiger partial charge is 0.455 e. The molecule has 0 radical (unpaired) electrons. The fraction of sp³-hybridized carbons (Fsp3) is 0.241. The maximum absolute atomic E-state index is 6.47. The third kappa shape index (κ3) is 3.80. The number of hydrogen-bond donors (Lipinski definition) is 0. The number of fused-ring (bicyclic) bond motifs is 3. The predicted molar refractivity (Wildman–Crippen MR) is 132 cm³/mol. The van der Waals surface area contributed by atoms with Gasteiger partial charge in [0.2, 0.25) is 0 Å². The molecule has 0 saturated heterocycles. The van der Waals surface area contributed by atoms with Crippen LogP contribution in [-0.4, -0.2) is 9.97 Å². The molecular formula is C29H28N2O. The zero-order valence-electron chi connectivity index (χ0n) is 19.1. The Morgan fingerprint density at radius 3 is 2.47 bits per heavy atom. The van der Waals surface area contributed by atoms with Crippen LogP contribution in [0.15, 0.2) is 71.4 Å². The number of benzene rings is 2. The Labute approximate surface area is 189 Å². The summed E-state index contributed by atoms with van der Waals surface area (Å²) in [6.45, 7) is 8.67. The van der Waals surface area contributed by atoms with E-state index in [4.69, 9.17) is 14.4 Å². The lowest BCUT2D eigenvalue weighted by Gasteiger charge is -2.11. The van der Waals surface area contributed by atoms with Crippen molar-refractivity contribution in [1.82, 2.24) is 9.97 Å². The van der Waals surface area contributed by atoms with Gasteiger partial charge >= 0.3 is 0 Å². The summed E-state index contributed by atoms with van der Waals surface area (Å²) in [5, 5.41) is 2.19. The summed E-state index contributed by atoms with van der Waals surface area (Å²) < 4.78 is 6.47. The first-order valence-electron chi connectivity index (χ1n) is 11.3. The van der Waals surface area contributed by atoms with Crippen LogP contribution in [0.2, 0.25) is 0 Å². The fourth-order valence-corrected chi connectivity index (χ4v) is 4.47. The van der Waals surface area contributed by atoms with Crippen LogP contribution < -0.4 is 0 Å². The molecule has 0 aliphatic rings. The number of rotatable bonds is 5. The van der Waals surface area contributed by atoms with Crippen LogP contribution in [0.5, 0.6) is 0 Å². The van der Waals surface area contributed by atoms with E-state index in [1.165, 1.54) is 22.3 Å². The molecule has 3 aromatic heterocycles. The molecule has 0 spiro atoms. The van der Waals surface area contributed by atoms with E-state index in [1.807, 2.05) is 19.3 Å². The van der Waals surface area contributed by atoms with Gasteiger partial charge in [-0.3, -0.25) is 9.97 Å². The molecule has 3 heterocycles. The molecule has 0 amide bonds. The van der Waals surface area contributed by atoms with Gasteiger partial charge in [-0.1, -0.05) is 56.3 Å². The molecular weight excluding hydrogens is 392 g/mol. The summed E-state index contributed by atoms with van der Waals surface area (Å²) in [5.74, 6) is 0.592. The van der Waals surface area contributed by atoms with Crippen molar-refractivity contribution in [2.45, 2.75) is 40.5 Å². The summed E-state index contributed by atoms with van der Waals surface area (Å²) >= 11 is 0. The summed E-state index contributed by atoms with van der Waals surface area (Å²) in [4.78, 5) is 9.45. The highest BCUT2D eigenvalue weighted by Gasteiger charge is 2.17. The lowest BCUT2D eigenvalue weighted by Crippen LogP contribution is -1.99. The van der Waals surface area contributed by atoms with E-state index >= 15 is 0 Å². The Balaban J connectivity index is 1.63. The van der Waals surface area contributed by atoms with E-state index in [0.717, 1.165) is 51.7 Å². The number of hydrogen-bond acceptors (Lipinski definition) is 3. The molecule has 0 fully saturated rings. The van der Waals surface area contributed by atoms with Gasteiger partial charge in [0.25, 0.3) is 0 Å². The van der Waals surface area contributed by atoms with Gasteiger partial charge in [-0.2, -0.15) is 0 Å². The second-order valence-corrected chi connectivity index (χ2v) is 9.15. The maximum Gasteiger partial charge on any atom is 0.148 e. The predicted octanol–water partition coefficient (Wildman–Crippen LogP) is 7.45. The van der Waals surface area contributed by atoms with Crippen molar-refractivity contribution < 1.29 is 4.42 Å². The Morgan fingerprint density at radius 2 is 1.69 bits per heavy atom. The van der Waals surface area contributed by atoms with Gasteiger partial charge in [0.05, 0.1) is 16.6 Å². The van der Waals surface area contributed by atoms with Crippen LogP contribution in [-0.2, 0) is 12.8 Å². The molecule has 0 aliphatic carbocycles. The van der Waals surface area contributed by atoms with E-state index < -0.39 is 0 Å². The van der Waals surface area contributed by atoms with Gasteiger partial charge in [-0.05, 0) is 67.0 Å². The fourth-order valence-electron chi connectivity index (χ4n) is 4.47. The molecule has 0 bridgehead atoms. The van der Waals surface area contributed by atoms with Crippen molar-refractivity contribution >= 4 is 21.9 Å². The molecule has 0 N–H and O–H groups in total. The molecule has 2 aromatic carbocycles. The second-order valence-electron chi connectivity index (χ2n) is 9.15. The highest BCUT2D eigenvalue weighted by Crippen LogP contribution is 2.37. The van der Waals surface area contributed by atoms with Crippen molar-refractivity contribution in [2.24, 2.45) is 5.92 Å². The Hall–Kier alpha value is -3.46. The molecule has 32 heavy (non-hydrogen) atoms. The first-order valence-corrected chi connectivity index (χ1v) is 11.3. The van der Waals surface area contributed by atoms with E-state index in [2.05, 4.69) is 75.4 Å². The van der Waals surface area contributed by atoms with Crippen LogP contribution in [0.25, 0.3) is 33.2 Å². The summed E-state index contributed by atoms with van der Waals surface area (Å²) in [6, 6.07) is 19.3. The number of furan rings is 1. The van der Waals surface area contributed by atoms with Gasteiger partial charge in [-0.15, -0.1) is 0 Å². The van der Waals surface area contributed by atoms with Crippen LogP contribution in [0.3, 0.4) is 0 Å². The van der Waals surface area contributed by atoms with Crippen LogP contribution in [0.1, 0.15) is 41.8 Å². The van der Waals surface area contributed by atoms with Crippen LogP contribution in [0, 0.1) is 19.8 Å². The standard InChI is InChI=1S/C29H28N2O/c1-18(2)12-23-15-26(31-16-19(23)3)25-17-30-20(4)28-24-11-10-22(14-27(24)32-29(25)28)13-21-8-6-5-7-9-21/h5-11,14-18H,12-13H2,1-4H3. The smallest absolute Gasteiger partial charge is 0.148 e. The quantitative estimate of drug-likeness (QED) is 0.296. The molecule has 3 heteroatoms. The Morgan fingerprint density at radius 1 is 0.875 bits per heavy atom. The normalized spacial score (nSPS) is 11.7. The molecule has 5 aromatic rings. The van der Waals surface area contributed by atoms with Crippen molar-refractivity contribution in [1.29, 1.82) is 0 Å². The third-order valence-electron chi connectivity index (χ3n) is 6.12. The molecule has 5 rings (SSSR count). The lowest BCUT2D eigenvalue weighted by molar-refractivity contribution is 0.644.